The van der Waals surface area contributed by atoms with Crippen LogP contribution in [0.1, 0.15) is 30.9 Å². The van der Waals surface area contributed by atoms with Crippen molar-refractivity contribution in [3.8, 4) is 5.75 Å². The van der Waals surface area contributed by atoms with Gasteiger partial charge in [-0.15, -0.1) is 0 Å². The molecule has 2 atom stereocenters. The summed E-state index contributed by atoms with van der Waals surface area (Å²) in [6.45, 7) is 7.47. The van der Waals surface area contributed by atoms with Crippen LogP contribution in [-0.2, 0) is 16.1 Å². The van der Waals surface area contributed by atoms with Crippen molar-refractivity contribution in [2.24, 2.45) is 5.92 Å². The van der Waals surface area contributed by atoms with Gasteiger partial charge in [-0.05, 0) is 43.0 Å². The van der Waals surface area contributed by atoms with Crippen molar-refractivity contribution in [3.05, 3.63) is 64.7 Å². The lowest BCUT2D eigenvalue weighted by Gasteiger charge is -2.31. The molecular weight excluding hydrogens is 412 g/mol. The molecule has 0 spiro atoms. The van der Waals surface area contributed by atoms with Crippen LogP contribution in [0.3, 0.4) is 0 Å². The van der Waals surface area contributed by atoms with Crippen molar-refractivity contribution in [3.63, 3.8) is 0 Å². The number of ether oxygens (including phenoxy) is 2. The third-order valence-corrected chi connectivity index (χ3v) is 6.42. The van der Waals surface area contributed by atoms with E-state index in [0.29, 0.717) is 6.54 Å². The van der Waals surface area contributed by atoms with Gasteiger partial charge in [0.1, 0.15) is 12.4 Å². The highest BCUT2D eigenvalue weighted by molar-refractivity contribution is 6.31. The third-order valence-electron chi connectivity index (χ3n) is 6.05. The molecule has 1 aliphatic rings. The molecule has 2 aromatic rings. The second-order valence-corrected chi connectivity index (χ2v) is 8.87. The third kappa shape index (κ3) is 5.79. The number of benzene rings is 2. The highest BCUT2D eigenvalue weighted by Crippen LogP contribution is 2.39. The molecule has 0 saturated carbocycles. The van der Waals surface area contributed by atoms with Crippen LogP contribution in [0.4, 0.5) is 0 Å². The fourth-order valence-electron chi connectivity index (χ4n) is 4.53. The zero-order chi connectivity index (χ0) is 22.4. The molecule has 1 fully saturated rings. The predicted molar refractivity (Wildman–Crippen MR) is 125 cm³/mol. The molecule has 1 aliphatic heterocycles. The maximum atomic E-state index is 12.7. The van der Waals surface area contributed by atoms with Crippen LogP contribution in [0.5, 0.6) is 5.75 Å². The number of amides is 1. The van der Waals surface area contributed by atoms with E-state index >= 15 is 0 Å². The zero-order valence-corrected chi connectivity index (χ0v) is 19.6. The first kappa shape index (κ1) is 23.6. The second kappa shape index (κ2) is 11.0. The molecule has 0 aliphatic carbocycles. The highest BCUT2D eigenvalue weighted by Gasteiger charge is 2.37. The minimum atomic E-state index is 0.0285. The van der Waals surface area contributed by atoms with Crippen molar-refractivity contribution >= 4 is 17.5 Å². The summed E-state index contributed by atoms with van der Waals surface area (Å²) in [5, 5.41) is 0.791. The first-order valence-corrected chi connectivity index (χ1v) is 11.2. The monoisotopic (exact) mass is 444 g/mol. The fraction of sp³-hybridized carbons (Fsp3) is 0.480. The minimum Gasteiger partial charge on any atom is -0.496 e. The Labute approximate surface area is 190 Å². The topological polar surface area (TPSA) is 42.0 Å². The summed E-state index contributed by atoms with van der Waals surface area (Å²) in [7, 11) is 3.28. The molecule has 3 rings (SSSR count). The van der Waals surface area contributed by atoms with Crippen LogP contribution in [0.15, 0.2) is 48.5 Å². The highest BCUT2D eigenvalue weighted by atomic mass is 35.5. The molecule has 168 valence electrons. The van der Waals surface area contributed by atoms with Gasteiger partial charge in [-0.3, -0.25) is 9.69 Å². The summed E-state index contributed by atoms with van der Waals surface area (Å²) >= 11 is 6.43. The Balaban J connectivity index is 1.87. The number of methoxy groups -OCH3 is 2. The van der Waals surface area contributed by atoms with Crippen molar-refractivity contribution in [1.82, 2.24) is 9.80 Å². The molecule has 0 bridgehead atoms. The molecule has 0 radical (unpaired) electrons. The second-order valence-electron chi connectivity index (χ2n) is 8.47. The van der Waals surface area contributed by atoms with E-state index in [-0.39, 0.29) is 30.4 Å². The first-order valence-electron chi connectivity index (χ1n) is 10.8. The lowest BCUT2D eigenvalue weighted by molar-refractivity contribution is -0.137. The van der Waals surface area contributed by atoms with Crippen LogP contribution in [0.25, 0.3) is 0 Å². The largest absolute Gasteiger partial charge is 0.496 e. The van der Waals surface area contributed by atoms with E-state index in [1.807, 2.05) is 35.2 Å². The van der Waals surface area contributed by atoms with E-state index in [1.54, 1.807) is 14.2 Å². The Morgan fingerprint density at radius 1 is 1.13 bits per heavy atom. The van der Waals surface area contributed by atoms with Crippen LogP contribution in [0.2, 0.25) is 5.02 Å². The van der Waals surface area contributed by atoms with Gasteiger partial charge in [-0.2, -0.15) is 0 Å². The number of hydrogen-bond acceptors (Lipinski definition) is 4. The zero-order valence-electron chi connectivity index (χ0n) is 18.9. The smallest absolute Gasteiger partial charge is 0.248 e. The van der Waals surface area contributed by atoms with Gasteiger partial charge in [0.15, 0.2) is 0 Å². The Morgan fingerprint density at radius 2 is 1.84 bits per heavy atom. The molecule has 2 aromatic carbocycles. The Kier molecular flexibility index (Phi) is 8.35. The Morgan fingerprint density at radius 3 is 2.52 bits per heavy atom. The molecule has 31 heavy (non-hydrogen) atoms. The number of hydrogen-bond donors (Lipinski definition) is 0. The van der Waals surface area contributed by atoms with E-state index in [2.05, 4.69) is 36.9 Å². The lowest BCUT2D eigenvalue weighted by Crippen LogP contribution is -2.43. The fourth-order valence-corrected chi connectivity index (χ4v) is 4.72. The molecule has 5 nitrogen and oxygen atoms in total. The van der Waals surface area contributed by atoms with Gasteiger partial charge in [0.25, 0.3) is 0 Å². The van der Waals surface area contributed by atoms with Gasteiger partial charge in [0.2, 0.25) is 5.91 Å². The van der Waals surface area contributed by atoms with Gasteiger partial charge < -0.3 is 14.4 Å². The van der Waals surface area contributed by atoms with Crippen LogP contribution in [-0.4, -0.2) is 62.2 Å². The minimum absolute atomic E-state index is 0.0285. The van der Waals surface area contributed by atoms with Crippen molar-refractivity contribution in [2.45, 2.75) is 32.4 Å². The summed E-state index contributed by atoms with van der Waals surface area (Å²) in [4.78, 5) is 17.1. The maximum Gasteiger partial charge on any atom is 0.248 e. The first-order chi connectivity index (χ1) is 14.9. The quantitative estimate of drug-likeness (QED) is 0.573. The molecule has 1 heterocycles. The molecule has 2 unspecified atom stereocenters. The van der Waals surface area contributed by atoms with Crippen molar-refractivity contribution in [2.75, 3.05) is 40.5 Å². The average Bonchev–Trinajstić information content (AvgIpc) is 3.15. The van der Waals surface area contributed by atoms with Gasteiger partial charge in [-0.25, -0.2) is 0 Å². The Bertz CT molecular complexity index is 873. The van der Waals surface area contributed by atoms with Gasteiger partial charge >= 0.3 is 0 Å². The number of para-hydroxylation sites is 1. The average molecular weight is 445 g/mol. The van der Waals surface area contributed by atoms with Crippen molar-refractivity contribution < 1.29 is 14.3 Å². The van der Waals surface area contributed by atoms with Gasteiger partial charge in [0.05, 0.1) is 7.11 Å². The molecular formula is C25H33ClN2O3. The van der Waals surface area contributed by atoms with E-state index in [4.69, 9.17) is 21.1 Å². The van der Waals surface area contributed by atoms with Crippen molar-refractivity contribution in [1.29, 1.82) is 0 Å². The van der Waals surface area contributed by atoms with E-state index in [0.717, 1.165) is 36.0 Å². The van der Waals surface area contributed by atoms with E-state index in [9.17, 15) is 4.79 Å². The Hall–Kier alpha value is -2.08. The number of likely N-dealkylation sites (tertiary alicyclic amines) is 1. The number of carbonyl (C=O) groups excluding carboxylic acids is 1. The number of rotatable bonds is 9. The number of nitrogens with zero attached hydrogens (tertiary/aromatic N) is 2. The summed E-state index contributed by atoms with van der Waals surface area (Å²) in [6.07, 6.45) is 0. The SMILES string of the molecule is COCC(=O)N(CC1CN(Cc2ccccc2Cl)CC1c1ccccc1OC)C(C)C. The van der Waals surface area contributed by atoms with Gasteiger partial charge in [0, 0.05) is 50.3 Å². The standard InChI is InChI=1S/C25H33ClN2O3/c1-18(2)28(25(29)17-30-3)15-20-14-27(13-19-9-5-7-11-23(19)26)16-22(20)21-10-6-8-12-24(21)31-4/h5-12,18,20,22H,13-17H2,1-4H3. The maximum absolute atomic E-state index is 12.7. The number of halogens is 1. The lowest BCUT2D eigenvalue weighted by atomic mass is 9.87. The molecule has 1 amide bonds. The molecule has 0 N–H and O–H groups in total. The van der Waals surface area contributed by atoms with Crippen LogP contribution in [0, 0.1) is 5.92 Å². The number of carbonyl (C=O) groups is 1. The summed E-state index contributed by atoms with van der Waals surface area (Å²) < 4.78 is 10.8. The van der Waals surface area contributed by atoms with Gasteiger partial charge in [-0.1, -0.05) is 48.0 Å². The molecule has 1 saturated heterocycles. The summed E-state index contributed by atoms with van der Waals surface area (Å²) in [5.74, 6) is 1.47. The normalized spacial score (nSPS) is 19.0. The van der Waals surface area contributed by atoms with E-state index in [1.165, 1.54) is 5.56 Å². The molecule has 0 aromatic heterocycles. The summed E-state index contributed by atoms with van der Waals surface area (Å²) in [5.41, 5.74) is 2.32. The molecule has 6 heteroatoms. The van der Waals surface area contributed by atoms with E-state index < -0.39 is 0 Å². The summed E-state index contributed by atoms with van der Waals surface area (Å²) in [6, 6.07) is 16.3. The predicted octanol–water partition coefficient (Wildman–Crippen LogP) is 4.45. The van der Waals surface area contributed by atoms with Crippen LogP contribution >= 0.6 is 11.6 Å². The van der Waals surface area contributed by atoms with Crippen LogP contribution < -0.4 is 4.74 Å².